The average Bonchev–Trinajstić information content (AvgIpc) is 3.59. The predicted molar refractivity (Wildman–Crippen MR) is 175 cm³/mol. The van der Waals surface area contributed by atoms with Crippen LogP contribution in [0.5, 0.6) is 11.5 Å². The maximum absolute atomic E-state index is 14.2. The second-order valence-corrected chi connectivity index (χ2v) is 13.0. The fraction of sp³-hybridized carbons (Fsp3) is 0.258. The lowest BCUT2D eigenvalue weighted by Crippen LogP contribution is -2.66. The van der Waals surface area contributed by atoms with Crippen LogP contribution in [0.25, 0.3) is 10.2 Å². The Morgan fingerprint density at radius 3 is 2.64 bits per heavy atom. The number of aromatic hydroxyl groups is 2. The van der Waals surface area contributed by atoms with Crippen LogP contribution in [-0.4, -0.2) is 84.7 Å². The molecule has 0 aliphatic carbocycles. The molecule has 4 amide bonds. The minimum absolute atomic E-state index is 0.0227. The highest BCUT2D eigenvalue weighted by atomic mass is 35.5. The van der Waals surface area contributed by atoms with Crippen molar-refractivity contribution < 1.29 is 24.6 Å². The van der Waals surface area contributed by atoms with E-state index in [-0.39, 0.29) is 56.6 Å². The highest BCUT2D eigenvalue weighted by molar-refractivity contribution is 7.22. The molecule has 3 aromatic carbocycles. The highest BCUT2D eigenvalue weighted by Crippen LogP contribution is 2.34. The summed E-state index contributed by atoms with van der Waals surface area (Å²) in [5.41, 5.74) is 8.57. The molecule has 2 aliphatic heterocycles. The van der Waals surface area contributed by atoms with Gasteiger partial charge in [0, 0.05) is 19.5 Å². The second-order valence-electron chi connectivity index (χ2n) is 11.1. The first kappa shape index (κ1) is 32.1. The number of rotatable bonds is 8. The lowest BCUT2D eigenvalue weighted by molar-refractivity contribution is -0.157. The van der Waals surface area contributed by atoms with Gasteiger partial charge in [-0.3, -0.25) is 9.59 Å². The summed E-state index contributed by atoms with van der Waals surface area (Å²) < 4.78 is 0.860. The molecule has 4 aromatic rings. The van der Waals surface area contributed by atoms with Gasteiger partial charge >= 0.3 is 6.03 Å². The number of benzene rings is 3. The summed E-state index contributed by atoms with van der Waals surface area (Å²) >= 11 is 13.5. The fourth-order valence-corrected chi connectivity index (χ4v) is 7.03. The number of carbonyl (C=O) groups is 3. The minimum atomic E-state index is -1.02. The Kier molecular flexibility index (Phi) is 8.98. The van der Waals surface area contributed by atoms with Crippen molar-refractivity contribution in [2.75, 3.05) is 25.4 Å². The number of phenolic OH excluding ortho intramolecular Hbond substituents is 2. The number of phenols is 2. The smallest absolute Gasteiger partial charge is 0.333 e. The van der Waals surface area contributed by atoms with Crippen molar-refractivity contribution in [1.82, 2.24) is 30.1 Å². The summed E-state index contributed by atoms with van der Waals surface area (Å²) in [4.78, 5) is 48.8. The van der Waals surface area contributed by atoms with Gasteiger partial charge < -0.3 is 31.1 Å². The molecule has 2 atom stereocenters. The molecule has 0 spiro atoms. The van der Waals surface area contributed by atoms with E-state index in [1.54, 1.807) is 29.2 Å². The number of nitrogens with two attached hydrogens (primary N) is 1. The van der Waals surface area contributed by atoms with Gasteiger partial charge in [-0.2, -0.15) is 10.3 Å². The lowest BCUT2D eigenvalue weighted by Gasteiger charge is -2.46. The number of hydrogen-bond acceptors (Lipinski definition) is 10. The Morgan fingerprint density at radius 2 is 1.89 bits per heavy atom. The maximum atomic E-state index is 14.2. The van der Waals surface area contributed by atoms with Crippen LogP contribution in [0.15, 0.2) is 54.6 Å². The number of aromatic nitrogens is 1. The zero-order chi connectivity index (χ0) is 33.4. The van der Waals surface area contributed by atoms with Crippen molar-refractivity contribution in [3.05, 3.63) is 81.3 Å². The Bertz CT molecular complexity index is 1930. The van der Waals surface area contributed by atoms with Crippen molar-refractivity contribution in [1.29, 1.82) is 5.26 Å². The first-order chi connectivity index (χ1) is 22.5. The SMILES string of the molecule is N#CCN(C(=O)NCc1ccc(Cl)c(Cl)c1)N1CC(=O)N2[C@@H](Cc3ccc(O)c(O)c3)C(=O)N(Cc3cccc4sc(N)nc34)C[C@@H]21. The number of amides is 4. The summed E-state index contributed by atoms with van der Waals surface area (Å²) in [6.07, 6.45) is -0.783. The van der Waals surface area contributed by atoms with E-state index in [0.29, 0.717) is 31.8 Å². The molecule has 0 unspecified atom stereocenters. The third kappa shape index (κ3) is 6.43. The van der Waals surface area contributed by atoms with E-state index >= 15 is 0 Å². The molecule has 3 heterocycles. The number of nitriles is 1. The number of halogens is 2. The number of hydrazine groups is 1. The zero-order valence-electron chi connectivity index (χ0n) is 24.6. The quantitative estimate of drug-likeness (QED) is 0.158. The van der Waals surface area contributed by atoms with E-state index < -0.39 is 24.1 Å². The molecule has 13 nitrogen and oxygen atoms in total. The van der Waals surface area contributed by atoms with Crippen LogP contribution in [-0.2, 0) is 29.1 Å². The van der Waals surface area contributed by atoms with Gasteiger partial charge in [0.1, 0.15) is 18.8 Å². The first-order valence-electron chi connectivity index (χ1n) is 14.4. The van der Waals surface area contributed by atoms with E-state index in [2.05, 4.69) is 10.3 Å². The van der Waals surface area contributed by atoms with E-state index in [4.69, 9.17) is 28.9 Å². The number of carbonyl (C=O) groups excluding carboxylic acids is 3. The molecule has 47 heavy (non-hydrogen) atoms. The number of thiazole rings is 1. The summed E-state index contributed by atoms with van der Waals surface area (Å²) in [5, 5.41) is 36.2. The molecule has 2 aliphatic rings. The second kappa shape index (κ2) is 13.1. The van der Waals surface area contributed by atoms with Crippen LogP contribution >= 0.6 is 34.5 Å². The molecule has 1 aromatic heterocycles. The number of anilines is 1. The van der Waals surface area contributed by atoms with Gasteiger partial charge in [0.05, 0.1) is 39.4 Å². The van der Waals surface area contributed by atoms with Crippen LogP contribution in [0.4, 0.5) is 9.93 Å². The van der Waals surface area contributed by atoms with Crippen LogP contribution in [0.2, 0.25) is 10.0 Å². The summed E-state index contributed by atoms with van der Waals surface area (Å²) in [5.74, 6) is -1.44. The fourth-order valence-electron chi connectivity index (χ4n) is 5.93. The van der Waals surface area contributed by atoms with Crippen molar-refractivity contribution in [2.45, 2.75) is 31.7 Å². The number of hydrogen-bond donors (Lipinski definition) is 4. The van der Waals surface area contributed by atoms with Crippen LogP contribution in [0.3, 0.4) is 0 Å². The van der Waals surface area contributed by atoms with Gasteiger partial charge in [0.2, 0.25) is 11.8 Å². The van der Waals surface area contributed by atoms with E-state index in [9.17, 15) is 29.9 Å². The molecule has 242 valence electrons. The maximum Gasteiger partial charge on any atom is 0.333 e. The minimum Gasteiger partial charge on any atom is -0.504 e. The van der Waals surface area contributed by atoms with Gasteiger partial charge in [-0.1, -0.05) is 58.8 Å². The summed E-state index contributed by atoms with van der Waals surface area (Å²) in [6.45, 7) is -0.382. The number of nitrogens with zero attached hydrogens (tertiary/aromatic N) is 6. The number of nitrogen functional groups attached to an aromatic ring is 1. The molecule has 16 heteroatoms. The largest absolute Gasteiger partial charge is 0.504 e. The molecule has 0 saturated carbocycles. The third-order valence-corrected chi connectivity index (χ3v) is 9.70. The molecule has 5 N–H and O–H groups in total. The van der Waals surface area contributed by atoms with Crippen LogP contribution in [0.1, 0.15) is 16.7 Å². The lowest BCUT2D eigenvalue weighted by atomic mass is 9.99. The van der Waals surface area contributed by atoms with Gasteiger partial charge in [-0.15, -0.1) is 0 Å². The highest BCUT2D eigenvalue weighted by Gasteiger charge is 2.52. The average molecular weight is 696 g/mol. The molecular formula is C31H28Cl2N8O5S. The van der Waals surface area contributed by atoms with E-state index in [1.807, 2.05) is 24.3 Å². The first-order valence-corrected chi connectivity index (χ1v) is 16.0. The summed E-state index contributed by atoms with van der Waals surface area (Å²) in [6, 6.07) is 15.1. The monoisotopic (exact) mass is 694 g/mol. The van der Waals surface area contributed by atoms with Gasteiger partial charge in [-0.25, -0.2) is 14.8 Å². The van der Waals surface area contributed by atoms with Gasteiger partial charge in [0.15, 0.2) is 16.6 Å². The topological polar surface area (TPSA) is 179 Å². The molecule has 0 radical (unpaired) electrons. The van der Waals surface area contributed by atoms with Gasteiger partial charge in [0.25, 0.3) is 0 Å². The molecular weight excluding hydrogens is 667 g/mol. The van der Waals surface area contributed by atoms with Crippen LogP contribution < -0.4 is 11.1 Å². The zero-order valence-corrected chi connectivity index (χ0v) is 27.0. The van der Waals surface area contributed by atoms with Crippen molar-refractivity contribution in [3.8, 4) is 17.6 Å². The number of urea groups is 1. The molecule has 2 saturated heterocycles. The Morgan fingerprint density at radius 1 is 1.11 bits per heavy atom. The van der Waals surface area contributed by atoms with Crippen molar-refractivity contribution in [2.24, 2.45) is 0 Å². The Hall–Kier alpha value is -4.81. The number of fused-ring (bicyclic) bond motifs is 2. The Balaban J connectivity index is 1.32. The standard InChI is InChI=1S/C31H28Cl2N8O5S/c32-20-6-4-18(10-21(20)33)13-36-31(46)39(9-8-34)40-16-27(44)41-22(11-17-5-7-23(42)24(43)12-17)29(45)38(15-26(40)41)14-19-2-1-3-25-28(19)37-30(35)47-25/h1-7,10,12,22,26,42-43H,9,11,13-16H2,(H2,35,37)(H,36,46)/t22-,26+/m0/s1. The van der Waals surface area contributed by atoms with Gasteiger partial charge in [-0.05, 0) is 47.0 Å². The molecule has 2 fully saturated rings. The molecule has 0 bridgehead atoms. The van der Waals surface area contributed by atoms with Crippen LogP contribution in [0, 0.1) is 11.3 Å². The van der Waals surface area contributed by atoms with E-state index in [1.165, 1.54) is 38.4 Å². The van der Waals surface area contributed by atoms with Crippen molar-refractivity contribution in [3.63, 3.8) is 0 Å². The Labute approximate surface area is 282 Å². The van der Waals surface area contributed by atoms with Crippen molar-refractivity contribution >= 4 is 67.7 Å². The predicted octanol–water partition coefficient (Wildman–Crippen LogP) is 3.67. The number of para-hydroxylation sites is 1. The molecule has 6 rings (SSSR count). The van der Waals surface area contributed by atoms with E-state index in [0.717, 1.165) is 10.3 Å². The third-order valence-electron chi connectivity index (χ3n) is 8.11. The summed E-state index contributed by atoms with van der Waals surface area (Å²) in [7, 11) is 0. The number of nitrogens with one attached hydrogen (secondary N) is 1. The number of piperazine rings is 1. The normalized spacial score (nSPS) is 18.0.